The average Bonchev–Trinajstić information content (AvgIpc) is 2.31. The highest BCUT2D eigenvalue weighted by molar-refractivity contribution is 5.05. The Kier molecular flexibility index (Phi) is 4.95. The third-order valence-corrected chi connectivity index (χ3v) is 4.18. The third-order valence-electron chi connectivity index (χ3n) is 4.18. The van der Waals surface area contributed by atoms with E-state index in [0.717, 1.165) is 19.4 Å². The monoisotopic (exact) mass is 245 g/mol. The lowest BCUT2D eigenvalue weighted by Gasteiger charge is -2.54. The second-order valence-electron chi connectivity index (χ2n) is 5.63. The average molecular weight is 245 g/mol. The van der Waals surface area contributed by atoms with E-state index < -0.39 is 5.60 Å². The van der Waals surface area contributed by atoms with Gasteiger partial charge < -0.3 is 20.3 Å². The molecule has 1 fully saturated rings. The van der Waals surface area contributed by atoms with Crippen molar-refractivity contribution in [3.63, 3.8) is 0 Å². The number of hydrogen-bond acceptors (Lipinski definition) is 4. The molecule has 4 nitrogen and oxygen atoms in total. The van der Waals surface area contributed by atoms with Gasteiger partial charge in [-0.25, -0.2) is 0 Å². The molecule has 0 aromatic rings. The lowest BCUT2D eigenvalue weighted by Crippen LogP contribution is -2.64. The highest BCUT2D eigenvalue weighted by Crippen LogP contribution is 2.45. The summed E-state index contributed by atoms with van der Waals surface area (Å²) < 4.78 is 5.72. The largest absolute Gasteiger partial charge is 0.393 e. The second-order valence-corrected chi connectivity index (χ2v) is 5.63. The maximum atomic E-state index is 9.76. The van der Waals surface area contributed by atoms with Crippen LogP contribution in [0.5, 0.6) is 0 Å². The van der Waals surface area contributed by atoms with E-state index in [2.05, 4.69) is 19.2 Å². The van der Waals surface area contributed by atoms with Gasteiger partial charge >= 0.3 is 0 Å². The van der Waals surface area contributed by atoms with E-state index in [9.17, 15) is 5.11 Å². The van der Waals surface area contributed by atoms with Crippen molar-refractivity contribution in [3.8, 4) is 0 Å². The molecule has 4 unspecified atom stereocenters. The van der Waals surface area contributed by atoms with Gasteiger partial charge in [0.15, 0.2) is 0 Å². The first-order valence-corrected chi connectivity index (χ1v) is 6.58. The number of rotatable bonds is 7. The number of ether oxygens (including phenoxy) is 1. The van der Waals surface area contributed by atoms with Crippen LogP contribution in [-0.2, 0) is 4.74 Å². The lowest BCUT2D eigenvalue weighted by atomic mass is 9.61. The molecule has 1 saturated carbocycles. The van der Waals surface area contributed by atoms with E-state index in [-0.39, 0.29) is 12.0 Å². The molecule has 1 aliphatic rings. The first-order valence-electron chi connectivity index (χ1n) is 6.58. The van der Waals surface area contributed by atoms with Crippen LogP contribution in [0.4, 0.5) is 0 Å². The summed E-state index contributed by atoms with van der Waals surface area (Å²) in [6.45, 7) is 9.01. The topological polar surface area (TPSA) is 61.7 Å². The molecular weight excluding hydrogens is 218 g/mol. The number of aliphatic hydroxyl groups is 2. The Labute approximate surface area is 104 Å². The van der Waals surface area contributed by atoms with Gasteiger partial charge in [-0.1, -0.05) is 13.8 Å². The summed E-state index contributed by atoms with van der Waals surface area (Å²) in [4.78, 5) is 0. The molecule has 0 aromatic carbocycles. The third kappa shape index (κ3) is 3.19. The lowest BCUT2D eigenvalue weighted by molar-refractivity contribution is -0.130. The van der Waals surface area contributed by atoms with Crippen LogP contribution in [0.1, 0.15) is 40.5 Å². The zero-order chi connectivity index (χ0) is 13.1. The highest BCUT2D eigenvalue weighted by atomic mass is 16.5. The summed E-state index contributed by atoms with van der Waals surface area (Å²) >= 11 is 0. The van der Waals surface area contributed by atoms with Crippen molar-refractivity contribution in [1.82, 2.24) is 5.32 Å². The van der Waals surface area contributed by atoms with Crippen LogP contribution in [0, 0.1) is 5.41 Å². The minimum atomic E-state index is -1.04. The van der Waals surface area contributed by atoms with Gasteiger partial charge in [-0.3, -0.25) is 0 Å². The van der Waals surface area contributed by atoms with Crippen LogP contribution < -0.4 is 5.32 Å². The van der Waals surface area contributed by atoms with E-state index in [4.69, 9.17) is 9.84 Å². The van der Waals surface area contributed by atoms with Gasteiger partial charge in [0.05, 0.1) is 18.3 Å². The van der Waals surface area contributed by atoms with Crippen LogP contribution in [0.25, 0.3) is 0 Å². The van der Waals surface area contributed by atoms with Crippen molar-refractivity contribution in [2.75, 3.05) is 19.8 Å². The highest BCUT2D eigenvalue weighted by Gasteiger charge is 2.51. The summed E-state index contributed by atoms with van der Waals surface area (Å²) in [7, 11) is 0. The summed E-state index contributed by atoms with van der Waals surface area (Å²) in [5.41, 5.74) is -0.896. The van der Waals surface area contributed by atoms with Gasteiger partial charge in [0.25, 0.3) is 0 Å². The zero-order valence-corrected chi connectivity index (χ0v) is 11.5. The number of aliphatic hydroxyl groups excluding tert-OH is 1. The minimum absolute atomic E-state index is 0.140. The van der Waals surface area contributed by atoms with Crippen molar-refractivity contribution in [2.24, 2.45) is 5.41 Å². The quantitative estimate of drug-likeness (QED) is 0.624. The molecule has 1 aliphatic carbocycles. The molecule has 0 bridgehead atoms. The van der Waals surface area contributed by atoms with Crippen molar-refractivity contribution in [2.45, 2.75) is 58.3 Å². The van der Waals surface area contributed by atoms with Crippen LogP contribution in [-0.4, -0.2) is 47.7 Å². The Morgan fingerprint density at radius 2 is 2.12 bits per heavy atom. The number of nitrogens with one attached hydrogen (secondary N) is 1. The van der Waals surface area contributed by atoms with E-state index in [1.807, 2.05) is 6.92 Å². The molecule has 102 valence electrons. The van der Waals surface area contributed by atoms with Gasteiger partial charge in [0, 0.05) is 24.6 Å². The summed E-state index contributed by atoms with van der Waals surface area (Å²) in [5, 5.41) is 22.1. The minimum Gasteiger partial charge on any atom is -0.393 e. The Bertz CT molecular complexity index is 245. The van der Waals surface area contributed by atoms with Gasteiger partial charge in [-0.05, 0) is 26.7 Å². The SMILES string of the molecule is CCOC1CC(NCC(C)(O)CO)C1(C)CC. The van der Waals surface area contributed by atoms with Gasteiger partial charge in [0.1, 0.15) is 0 Å². The van der Waals surface area contributed by atoms with Crippen LogP contribution in [0.2, 0.25) is 0 Å². The fourth-order valence-corrected chi connectivity index (χ4v) is 2.47. The Morgan fingerprint density at radius 1 is 1.47 bits per heavy atom. The molecule has 17 heavy (non-hydrogen) atoms. The summed E-state index contributed by atoms with van der Waals surface area (Å²) in [6.07, 6.45) is 2.35. The maximum absolute atomic E-state index is 9.76. The van der Waals surface area contributed by atoms with Crippen LogP contribution in [0.3, 0.4) is 0 Å². The molecule has 4 heteroatoms. The molecule has 0 heterocycles. The van der Waals surface area contributed by atoms with E-state index >= 15 is 0 Å². The molecule has 0 aromatic heterocycles. The zero-order valence-electron chi connectivity index (χ0n) is 11.5. The van der Waals surface area contributed by atoms with Gasteiger partial charge in [-0.15, -0.1) is 0 Å². The first kappa shape index (κ1) is 14.9. The van der Waals surface area contributed by atoms with Gasteiger partial charge in [0.2, 0.25) is 0 Å². The van der Waals surface area contributed by atoms with Crippen molar-refractivity contribution >= 4 is 0 Å². The van der Waals surface area contributed by atoms with E-state index in [1.165, 1.54) is 0 Å². The molecule has 0 amide bonds. The maximum Gasteiger partial charge on any atom is 0.0972 e. The molecule has 0 saturated heterocycles. The predicted molar refractivity (Wildman–Crippen MR) is 67.9 cm³/mol. The second kappa shape index (κ2) is 5.65. The summed E-state index contributed by atoms with van der Waals surface area (Å²) in [6, 6.07) is 0.363. The fraction of sp³-hybridized carbons (Fsp3) is 1.00. The molecule has 0 radical (unpaired) electrons. The fourth-order valence-electron chi connectivity index (χ4n) is 2.47. The normalized spacial score (nSPS) is 36.4. The Hall–Kier alpha value is -0.160. The van der Waals surface area contributed by atoms with Crippen LogP contribution >= 0.6 is 0 Å². The van der Waals surface area contributed by atoms with E-state index in [0.29, 0.717) is 18.7 Å². The molecule has 3 N–H and O–H groups in total. The van der Waals surface area contributed by atoms with Crippen molar-refractivity contribution in [3.05, 3.63) is 0 Å². The molecule has 1 rings (SSSR count). The smallest absolute Gasteiger partial charge is 0.0972 e. The molecule has 0 aliphatic heterocycles. The Balaban J connectivity index is 2.46. The standard InChI is InChI=1S/C13H27NO3/c1-5-13(4)10(7-11(13)17-6-2)14-8-12(3,16)9-15/h10-11,14-16H,5-9H2,1-4H3. The first-order chi connectivity index (χ1) is 7.89. The van der Waals surface area contributed by atoms with Crippen molar-refractivity contribution in [1.29, 1.82) is 0 Å². The van der Waals surface area contributed by atoms with E-state index in [1.54, 1.807) is 6.92 Å². The van der Waals surface area contributed by atoms with Crippen molar-refractivity contribution < 1.29 is 14.9 Å². The molecule has 4 atom stereocenters. The number of hydrogen-bond donors (Lipinski definition) is 3. The predicted octanol–water partition coefficient (Wildman–Crippen LogP) is 0.913. The Morgan fingerprint density at radius 3 is 2.59 bits per heavy atom. The van der Waals surface area contributed by atoms with Gasteiger partial charge in [-0.2, -0.15) is 0 Å². The van der Waals surface area contributed by atoms with Crippen LogP contribution in [0.15, 0.2) is 0 Å². The molecule has 0 spiro atoms. The summed E-state index contributed by atoms with van der Waals surface area (Å²) in [5.74, 6) is 0. The molecular formula is C13H27NO3.